The highest BCUT2D eigenvalue weighted by atomic mass is 32.1. The smallest absolute Gasteiger partial charge is 0.184 e. The molecule has 0 aliphatic heterocycles. The molecule has 0 unspecified atom stereocenters. The Morgan fingerprint density at radius 1 is 1.67 bits per heavy atom. The van der Waals surface area contributed by atoms with Crippen LogP contribution >= 0.6 is 11.3 Å². The van der Waals surface area contributed by atoms with Crippen LogP contribution in [0.1, 0.15) is 11.3 Å². The third kappa shape index (κ3) is 2.24. The van der Waals surface area contributed by atoms with Gasteiger partial charge in [0.1, 0.15) is 0 Å². The van der Waals surface area contributed by atoms with Gasteiger partial charge in [0.15, 0.2) is 5.13 Å². The summed E-state index contributed by atoms with van der Waals surface area (Å²) in [5.74, 6) is 2.62. The molecule has 0 radical (unpaired) electrons. The van der Waals surface area contributed by atoms with E-state index in [0.717, 1.165) is 18.0 Å². The van der Waals surface area contributed by atoms with Crippen LogP contribution in [-0.2, 0) is 6.42 Å². The number of rotatable bonds is 3. The number of thiazole rings is 1. The van der Waals surface area contributed by atoms with Gasteiger partial charge in [0.05, 0.1) is 0 Å². The Bertz CT molecular complexity index is 283. The first-order chi connectivity index (χ1) is 5.74. The third-order valence-corrected chi connectivity index (χ3v) is 2.66. The van der Waals surface area contributed by atoms with Gasteiger partial charge in [0, 0.05) is 31.6 Å². The highest BCUT2D eigenvalue weighted by Crippen LogP contribution is 2.21. The third-order valence-electron chi connectivity index (χ3n) is 1.44. The van der Waals surface area contributed by atoms with Crippen molar-refractivity contribution >= 4 is 16.5 Å². The van der Waals surface area contributed by atoms with E-state index in [9.17, 15) is 0 Å². The Kier molecular flexibility index (Phi) is 3.12. The predicted molar refractivity (Wildman–Crippen MR) is 53.6 cm³/mol. The van der Waals surface area contributed by atoms with Gasteiger partial charge >= 0.3 is 0 Å². The highest BCUT2D eigenvalue weighted by Gasteiger charge is 2.01. The number of terminal acetylenes is 1. The van der Waals surface area contributed by atoms with Gasteiger partial charge < -0.3 is 4.90 Å². The Morgan fingerprint density at radius 2 is 2.42 bits per heavy atom. The summed E-state index contributed by atoms with van der Waals surface area (Å²) >= 11 is 1.70. The van der Waals surface area contributed by atoms with Crippen molar-refractivity contribution < 1.29 is 0 Å². The van der Waals surface area contributed by atoms with Crippen molar-refractivity contribution in [1.82, 2.24) is 4.98 Å². The quantitative estimate of drug-likeness (QED) is 0.659. The molecule has 1 heterocycles. The van der Waals surface area contributed by atoms with E-state index in [1.807, 2.05) is 25.2 Å². The Morgan fingerprint density at radius 3 is 2.92 bits per heavy atom. The zero-order valence-corrected chi connectivity index (χ0v) is 8.19. The van der Waals surface area contributed by atoms with Gasteiger partial charge in [0.25, 0.3) is 0 Å². The average Bonchev–Trinajstić information content (AvgIpc) is 2.48. The first kappa shape index (κ1) is 9.08. The average molecular weight is 180 g/mol. The summed E-state index contributed by atoms with van der Waals surface area (Å²) in [4.78, 5) is 7.51. The van der Waals surface area contributed by atoms with Gasteiger partial charge in [-0.25, -0.2) is 4.98 Å². The lowest BCUT2D eigenvalue weighted by molar-refractivity contribution is 1.05. The molecule has 0 aromatic carbocycles. The topological polar surface area (TPSA) is 16.1 Å². The summed E-state index contributed by atoms with van der Waals surface area (Å²) in [6, 6.07) is 0. The molecule has 0 N–H and O–H groups in total. The van der Waals surface area contributed by atoms with Crippen molar-refractivity contribution in [3.8, 4) is 12.3 Å². The van der Waals surface area contributed by atoms with E-state index < -0.39 is 0 Å². The van der Waals surface area contributed by atoms with Crippen molar-refractivity contribution in [2.24, 2.45) is 0 Å². The first-order valence-electron chi connectivity index (χ1n) is 3.79. The molecule has 0 saturated heterocycles. The SMILES string of the molecule is C#CCCc1cnc(N(C)C)s1. The second kappa shape index (κ2) is 4.13. The van der Waals surface area contributed by atoms with Gasteiger partial charge in [-0.2, -0.15) is 0 Å². The molecule has 0 bridgehead atoms. The zero-order chi connectivity index (χ0) is 8.97. The maximum absolute atomic E-state index is 5.17. The number of aryl methyl sites for hydroxylation is 1. The highest BCUT2D eigenvalue weighted by molar-refractivity contribution is 7.15. The van der Waals surface area contributed by atoms with E-state index in [2.05, 4.69) is 10.9 Å². The minimum Gasteiger partial charge on any atom is -0.354 e. The van der Waals surface area contributed by atoms with Crippen LogP contribution in [0, 0.1) is 12.3 Å². The number of hydrogen-bond donors (Lipinski definition) is 0. The van der Waals surface area contributed by atoms with Gasteiger partial charge in [-0.15, -0.1) is 23.7 Å². The molecule has 0 saturated carbocycles. The molecule has 1 rings (SSSR count). The molecule has 64 valence electrons. The van der Waals surface area contributed by atoms with Crippen molar-refractivity contribution in [3.05, 3.63) is 11.1 Å². The molecular weight excluding hydrogens is 168 g/mol. The zero-order valence-electron chi connectivity index (χ0n) is 7.37. The Balaban J connectivity index is 2.59. The summed E-state index contributed by atoms with van der Waals surface area (Å²) in [5.41, 5.74) is 0. The molecule has 2 nitrogen and oxygen atoms in total. The lowest BCUT2D eigenvalue weighted by atomic mass is 10.3. The number of aromatic nitrogens is 1. The van der Waals surface area contributed by atoms with E-state index >= 15 is 0 Å². The maximum Gasteiger partial charge on any atom is 0.184 e. The maximum atomic E-state index is 5.17. The summed E-state index contributed by atoms with van der Waals surface area (Å²) in [7, 11) is 3.98. The molecule has 12 heavy (non-hydrogen) atoms. The monoisotopic (exact) mass is 180 g/mol. The van der Waals surface area contributed by atoms with Crippen LogP contribution in [0.15, 0.2) is 6.20 Å². The molecule has 1 aromatic rings. The van der Waals surface area contributed by atoms with Crippen LogP contribution in [0.3, 0.4) is 0 Å². The van der Waals surface area contributed by atoms with Gasteiger partial charge in [-0.3, -0.25) is 0 Å². The summed E-state index contributed by atoms with van der Waals surface area (Å²) < 4.78 is 0. The fourth-order valence-corrected chi connectivity index (χ4v) is 1.65. The summed E-state index contributed by atoms with van der Waals surface area (Å²) in [6.45, 7) is 0. The van der Waals surface area contributed by atoms with Crippen LogP contribution in [0.2, 0.25) is 0 Å². The molecule has 3 heteroatoms. The molecule has 0 spiro atoms. The van der Waals surface area contributed by atoms with E-state index in [4.69, 9.17) is 6.42 Å². The number of nitrogens with zero attached hydrogens (tertiary/aromatic N) is 2. The van der Waals surface area contributed by atoms with Gasteiger partial charge in [-0.1, -0.05) is 0 Å². The fraction of sp³-hybridized carbons (Fsp3) is 0.444. The Labute approximate surface area is 77.2 Å². The second-order valence-electron chi connectivity index (χ2n) is 2.71. The molecule has 0 aliphatic carbocycles. The van der Waals surface area contributed by atoms with Gasteiger partial charge in [0.2, 0.25) is 0 Å². The van der Waals surface area contributed by atoms with Crippen LogP contribution in [0.4, 0.5) is 5.13 Å². The Hall–Kier alpha value is -1.01. The van der Waals surface area contributed by atoms with Crippen molar-refractivity contribution in [2.75, 3.05) is 19.0 Å². The van der Waals surface area contributed by atoms with E-state index in [0.29, 0.717) is 0 Å². The summed E-state index contributed by atoms with van der Waals surface area (Å²) in [6.07, 6.45) is 8.81. The standard InChI is InChI=1S/C9H12N2S/c1-4-5-6-8-7-10-9(12-8)11(2)3/h1,7H,5-6H2,2-3H3. The molecule has 1 aromatic heterocycles. The summed E-state index contributed by atoms with van der Waals surface area (Å²) in [5, 5.41) is 1.04. The van der Waals surface area contributed by atoms with Crippen LogP contribution in [0.25, 0.3) is 0 Å². The molecule has 0 aliphatic rings. The van der Waals surface area contributed by atoms with E-state index in [-0.39, 0.29) is 0 Å². The minimum absolute atomic E-state index is 0.801. The normalized spacial score (nSPS) is 9.42. The van der Waals surface area contributed by atoms with Crippen LogP contribution in [0.5, 0.6) is 0 Å². The molecule has 0 atom stereocenters. The van der Waals surface area contributed by atoms with Crippen LogP contribution in [-0.4, -0.2) is 19.1 Å². The predicted octanol–water partition coefficient (Wildman–Crippen LogP) is 1.77. The van der Waals surface area contributed by atoms with Crippen LogP contribution < -0.4 is 4.90 Å². The van der Waals surface area contributed by atoms with E-state index in [1.165, 1.54) is 4.88 Å². The molecule has 0 amide bonds. The first-order valence-corrected chi connectivity index (χ1v) is 4.61. The minimum atomic E-state index is 0.801. The molecule has 0 fully saturated rings. The van der Waals surface area contributed by atoms with Crippen molar-refractivity contribution in [2.45, 2.75) is 12.8 Å². The molecular formula is C9H12N2S. The van der Waals surface area contributed by atoms with Crippen molar-refractivity contribution in [1.29, 1.82) is 0 Å². The number of hydrogen-bond acceptors (Lipinski definition) is 3. The lowest BCUT2D eigenvalue weighted by Gasteiger charge is -2.04. The van der Waals surface area contributed by atoms with Gasteiger partial charge in [-0.05, 0) is 6.42 Å². The van der Waals surface area contributed by atoms with E-state index in [1.54, 1.807) is 11.3 Å². The fourth-order valence-electron chi connectivity index (χ4n) is 0.815. The second-order valence-corrected chi connectivity index (χ2v) is 3.80. The largest absolute Gasteiger partial charge is 0.354 e. The number of anilines is 1. The lowest BCUT2D eigenvalue weighted by Crippen LogP contribution is -2.07. The van der Waals surface area contributed by atoms with Crippen molar-refractivity contribution in [3.63, 3.8) is 0 Å².